The van der Waals surface area contributed by atoms with Crippen LogP contribution in [0, 0.1) is 5.92 Å². The number of carbonyl (C=O) groups excluding carboxylic acids is 1. The summed E-state index contributed by atoms with van der Waals surface area (Å²) in [6.07, 6.45) is -2.72. The van der Waals surface area contributed by atoms with Gasteiger partial charge in [0.25, 0.3) is 12.3 Å². The van der Waals surface area contributed by atoms with Crippen LogP contribution in [0.3, 0.4) is 0 Å². The second kappa shape index (κ2) is 8.12. The summed E-state index contributed by atoms with van der Waals surface area (Å²) < 4.78 is 55.6. The second-order valence-electron chi connectivity index (χ2n) is 5.79. The van der Waals surface area contributed by atoms with Crippen molar-refractivity contribution in [2.45, 2.75) is 39.7 Å². The van der Waals surface area contributed by atoms with Crippen LogP contribution in [0.25, 0.3) is 10.7 Å². The van der Waals surface area contributed by atoms with Crippen LogP contribution in [-0.4, -0.2) is 34.1 Å². The fraction of sp³-hybridized carbons (Fsp3) is 0.533. The number of hydrogen-bond donors (Lipinski definition) is 0. The fourth-order valence-electron chi connectivity index (χ4n) is 1.85. The van der Waals surface area contributed by atoms with Crippen LogP contribution in [0.2, 0.25) is 0 Å². The van der Waals surface area contributed by atoms with Crippen molar-refractivity contribution in [2.75, 3.05) is 6.61 Å². The molecule has 2 rings (SSSR count). The van der Waals surface area contributed by atoms with Crippen LogP contribution in [-0.2, 0) is 22.1 Å². The standard InChI is InChI=1S/C15H17F4N3O3S/c1-8(2)13(23)22(24-7-11(16)17)6-9-4-5-10(26-9)12-20-14(25-21-12)15(3,18)19/h4-5,8,11H,6-7H2,1-3H3. The Bertz CT molecular complexity index is 743. The van der Waals surface area contributed by atoms with Crippen molar-refractivity contribution in [1.29, 1.82) is 0 Å². The summed E-state index contributed by atoms with van der Waals surface area (Å²) in [5.41, 5.74) is 0. The lowest BCUT2D eigenvalue weighted by Crippen LogP contribution is -2.35. The molecule has 0 saturated heterocycles. The highest BCUT2D eigenvalue weighted by atomic mass is 32.1. The highest BCUT2D eigenvalue weighted by molar-refractivity contribution is 7.15. The fourth-order valence-corrected chi connectivity index (χ4v) is 2.76. The number of amides is 1. The van der Waals surface area contributed by atoms with E-state index in [0.29, 0.717) is 16.7 Å². The molecule has 0 N–H and O–H groups in total. The van der Waals surface area contributed by atoms with Gasteiger partial charge in [-0.2, -0.15) is 13.8 Å². The Kier molecular flexibility index (Phi) is 6.34. The van der Waals surface area contributed by atoms with Gasteiger partial charge in [0.2, 0.25) is 11.7 Å². The molecule has 2 heterocycles. The average Bonchev–Trinajstić information content (AvgIpc) is 3.18. The van der Waals surface area contributed by atoms with Crippen LogP contribution in [0.5, 0.6) is 0 Å². The van der Waals surface area contributed by atoms with Gasteiger partial charge in [-0.1, -0.05) is 19.0 Å². The van der Waals surface area contributed by atoms with Crippen molar-refractivity contribution in [2.24, 2.45) is 5.92 Å². The van der Waals surface area contributed by atoms with Gasteiger partial charge in [0.15, 0.2) is 0 Å². The summed E-state index contributed by atoms with van der Waals surface area (Å²) in [6.45, 7) is 2.90. The van der Waals surface area contributed by atoms with Crippen molar-refractivity contribution in [1.82, 2.24) is 15.2 Å². The van der Waals surface area contributed by atoms with Gasteiger partial charge in [0, 0.05) is 17.7 Å². The molecule has 0 unspecified atom stereocenters. The average molecular weight is 395 g/mol. The third-order valence-corrected chi connectivity index (χ3v) is 4.15. The molecular formula is C15H17F4N3O3S. The summed E-state index contributed by atoms with van der Waals surface area (Å²) in [7, 11) is 0. The highest BCUT2D eigenvalue weighted by Crippen LogP contribution is 2.31. The minimum absolute atomic E-state index is 0.0204. The third kappa shape index (κ3) is 5.24. The SMILES string of the molecule is CC(C)C(=O)N(Cc1ccc(-c2noc(C(C)(F)F)n2)s1)OCC(F)F. The summed E-state index contributed by atoms with van der Waals surface area (Å²) in [5.74, 6) is -4.98. The number of hydroxylamine groups is 2. The zero-order valence-corrected chi connectivity index (χ0v) is 15.0. The Morgan fingerprint density at radius 2 is 2.08 bits per heavy atom. The summed E-state index contributed by atoms with van der Waals surface area (Å²) in [4.78, 5) is 21.6. The van der Waals surface area contributed by atoms with Gasteiger partial charge in [-0.3, -0.25) is 9.63 Å². The number of hydrogen-bond acceptors (Lipinski definition) is 6. The van der Waals surface area contributed by atoms with Gasteiger partial charge in [-0.25, -0.2) is 13.8 Å². The van der Waals surface area contributed by atoms with Crippen molar-refractivity contribution in [3.63, 3.8) is 0 Å². The molecule has 0 spiro atoms. The molecule has 0 aliphatic heterocycles. The summed E-state index contributed by atoms with van der Waals surface area (Å²) >= 11 is 1.11. The first-order chi connectivity index (χ1) is 12.1. The molecule has 26 heavy (non-hydrogen) atoms. The molecule has 0 aliphatic carbocycles. The summed E-state index contributed by atoms with van der Waals surface area (Å²) in [5, 5.41) is 4.37. The smallest absolute Gasteiger partial charge is 0.322 e. The normalized spacial score (nSPS) is 12.2. The maximum absolute atomic E-state index is 13.2. The van der Waals surface area contributed by atoms with Crippen LogP contribution in [0.15, 0.2) is 16.7 Å². The molecule has 0 atom stereocenters. The first-order valence-electron chi connectivity index (χ1n) is 7.61. The first kappa shape index (κ1) is 20.3. The van der Waals surface area contributed by atoms with Gasteiger partial charge in [-0.15, -0.1) is 11.3 Å². The number of rotatable bonds is 8. The Balaban J connectivity index is 2.13. The zero-order chi connectivity index (χ0) is 19.5. The van der Waals surface area contributed by atoms with Gasteiger partial charge < -0.3 is 4.52 Å². The first-order valence-corrected chi connectivity index (χ1v) is 8.43. The van der Waals surface area contributed by atoms with Crippen molar-refractivity contribution in [3.05, 3.63) is 22.9 Å². The van der Waals surface area contributed by atoms with Crippen LogP contribution in [0.1, 0.15) is 31.5 Å². The molecule has 0 radical (unpaired) electrons. The van der Waals surface area contributed by atoms with E-state index < -0.39 is 36.7 Å². The number of nitrogens with zero attached hydrogens (tertiary/aromatic N) is 3. The van der Waals surface area contributed by atoms with E-state index in [4.69, 9.17) is 4.84 Å². The topological polar surface area (TPSA) is 68.5 Å². The van der Waals surface area contributed by atoms with Crippen LogP contribution < -0.4 is 0 Å². The molecule has 144 valence electrons. The maximum atomic E-state index is 13.2. The highest BCUT2D eigenvalue weighted by Gasteiger charge is 2.32. The van der Waals surface area contributed by atoms with Gasteiger partial charge >= 0.3 is 5.92 Å². The van der Waals surface area contributed by atoms with Crippen molar-refractivity contribution < 1.29 is 31.7 Å². The molecule has 0 aromatic carbocycles. The van der Waals surface area contributed by atoms with E-state index in [1.54, 1.807) is 26.0 Å². The van der Waals surface area contributed by atoms with E-state index in [1.807, 2.05) is 0 Å². The molecule has 0 fully saturated rings. The van der Waals surface area contributed by atoms with E-state index in [0.717, 1.165) is 16.4 Å². The minimum Gasteiger partial charge on any atom is -0.332 e. The largest absolute Gasteiger partial charge is 0.332 e. The molecule has 0 bridgehead atoms. The Morgan fingerprint density at radius 3 is 2.62 bits per heavy atom. The Labute approximate surface area is 150 Å². The zero-order valence-electron chi connectivity index (χ0n) is 14.2. The minimum atomic E-state index is -3.26. The van der Waals surface area contributed by atoms with Crippen molar-refractivity contribution >= 4 is 17.2 Å². The van der Waals surface area contributed by atoms with E-state index >= 15 is 0 Å². The molecule has 2 aromatic rings. The Morgan fingerprint density at radius 1 is 1.38 bits per heavy atom. The van der Waals surface area contributed by atoms with Gasteiger partial charge in [-0.05, 0) is 12.1 Å². The van der Waals surface area contributed by atoms with Gasteiger partial charge in [0.1, 0.15) is 6.61 Å². The Hall–Kier alpha value is -2.01. The number of thiophene rings is 1. The predicted molar refractivity (Wildman–Crippen MR) is 84.5 cm³/mol. The molecular weight excluding hydrogens is 378 g/mol. The lowest BCUT2D eigenvalue weighted by atomic mass is 10.2. The number of aromatic nitrogens is 2. The third-order valence-electron chi connectivity index (χ3n) is 3.08. The lowest BCUT2D eigenvalue weighted by Gasteiger charge is -2.22. The monoisotopic (exact) mass is 395 g/mol. The lowest BCUT2D eigenvalue weighted by molar-refractivity contribution is -0.204. The van der Waals surface area contributed by atoms with Crippen LogP contribution in [0.4, 0.5) is 17.6 Å². The van der Waals surface area contributed by atoms with E-state index in [-0.39, 0.29) is 12.4 Å². The van der Waals surface area contributed by atoms with E-state index in [2.05, 4.69) is 14.7 Å². The van der Waals surface area contributed by atoms with Crippen molar-refractivity contribution in [3.8, 4) is 10.7 Å². The predicted octanol–water partition coefficient (Wildman–Crippen LogP) is 4.09. The molecule has 1 amide bonds. The van der Waals surface area contributed by atoms with Gasteiger partial charge in [0.05, 0.1) is 11.4 Å². The molecule has 11 heteroatoms. The molecule has 6 nitrogen and oxygen atoms in total. The number of halogens is 4. The number of alkyl halides is 4. The summed E-state index contributed by atoms with van der Waals surface area (Å²) in [6, 6.07) is 3.17. The number of carbonyl (C=O) groups is 1. The van der Waals surface area contributed by atoms with E-state index in [9.17, 15) is 22.4 Å². The van der Waals surface area contributed by atoms with Crippen LogP contribution >= 0.6 is 11.3 Å². The molecule has 0 aliphatic rings. The molecule has 0 saturated carbocycles. The maximum Gasteiger partial charge on any atom is 0.322 e. The van der Waals surface area contributed by atoms with E-state index in [1.165, 1.54) is 0 Å². The quantitative estimate of drug-likeness (QED) is 0.497. The molecule has 2 aromatic heterocycles. The second-order valence-corrected chi connectivity index (χ2v) is 6.96.